The molecule has 0 aliphatic rings. The van der Waals surface area contributed by atoms with E-state index in [1.165, 1.54) is 0 Å². The van der Waals surface area contributed by atoms with Crippen molar-refractivity contribution in [3.05, 3.63) is 28.3 Å². The number of rotatable bonds is 4. The van der Waals surface area contributed by atoms with Crippen LogP contribution in [0, 0.1) is 6.92 Å². The second-order valence-electron chi connectivity index (χ2n) is 4.46. The molecule has 0 aliphatic carbocycles. The van der Waals surface area contributed by atoms with Gasteiger partial charge in [0, 0.05) is 23.3 Å². The van der Waals surface area contributed by atoms with Gasteiger partial charge in [0.05, 0.1) is 12.6 Å². The van der Waals surface area contributed by atoms with Crippen molar-refractivity contribution in [2.24, 2.45) is 0 Å². The van der Waals surface area contributed by atoms with E-state index in [2.05, 4.69) is 20.3 Å². The second kappa shape index (κ2) is 4.89. The van der Waals surface area contributed by atoms with Crippen molar-refractivity contribution in [1.29, 1.82) is 0 Å². The largest absolute Gasteiger partial charge is 0.481 e. The molecule has 0 saturated heterocycles. The van der Waals surface area contributed by atoms with E-state index in [0.717, 1.165) is 10.7 Å². The lowest BCUT2D eigenvalue weighted by Gasteiger charge is -2.23. The number of thiazole rings is 1. The lowest BCUT2D eigenvalue weighted by atomic mass is 10.1. The summed E-state index contributed by atoms with van der Waals surface area (Å²) in [6.07, 6.45) is 1.79. The molecular formula is C12H16N4OS. The van der Waals surface area contributed by atoms with Gasteiger partial charge in [0.2, 0.25) is 11.8 Å². The summed E-state index contributed by atoms with van der Waals surface area (Å²) in [7, 11) is 1.59. The first-order valence-electron chi connectivity index (χ1n) is 5.59. The zero-order valence-corrected chi connectivity index (χ0v) is 11.7. The summed E-state index contributed by atoms with van der Waals surface area (Å²) in [4.78, 5) is 12.9. The number of hydrogen-bond acceptors (Lipinski definition) is 6. The number of aryl methyl sites for hydroxylation is 1. The molecular weight excluding hydrogens is 248 g/mol. The normalized spacial score (nSPS) is 11.3. The molecule has 5 nitrogen and oxygen atoms in total. The van der Waals surface area contributed by atoms with Gasteiger partial charge in [-0.1, -0.05) is 0 Å². The van der Waals surface area contributed by atoms with Crippen molar-refractivity contribution >= 4 is 17.3 Å². The fourth-order valence-electron chi connectivity index (χ4n) is 1.57. The Hall–Kier alpha value is -1.69. The molecule has 2 heterocycles. The molecule has 18 heavy (non-hydrogen) atoms. The number of aromatic nitrogens is 3. The van der Waals surface area contributed by atoms with Crippen LogP contribution in [0.25, 0.3) is 0 Å². The monoisotopic (exact) mass is 264 g/mol. The fourth-order valence-corrected chi connectivity index (χ4v) is 2.28. The van der Waals surface area contributed by atoms with E-state index in [1.807, 2.05) is 26.2 Å². The molecule has 2 aromatic heterocycles. The molecule has 96 valence electrons. The Kier molecular flexibility index (Phi) is 3.47. The topological polar surface area (TPSA) is 59.9 Å². The molecule has 0 aliphatic heterocycles. The highest BCUT2D eigenvalue weighted by Crippen LogP contribution is 2.26. The van der Waals surface area contributed by atoms with E-state index < -0.39 is 0 Å². The minimum atomic E-state index is -0.313. The Morgan fingerprint density at radius 2 is 2.11 bits per heavy atom. The van der Waals surface area contributed by atoms with Crippen molar-refractivity contribution in [3.63, 3.8) is 0 Å². The van der Waals surface area contributed by atoms with Crippen LogP contribution in [0.15, 0.2) is 17.6 Å². The lowest BCUT2D eigenvalue weighted by Crippen LogP contribution is -2.29. The van der Waals surface area contributed by atoms with E-state index in [-0.39, 0.29) is 5.54 Å². The average molecular weight is 264 g/mol. The summed E-state index contributed by atoms with van der Waals surface area (Å²) in [5.74, 6) is 1.10. The number of nitrogens with one attached hydrogen (secondary N) is 1. The highest BCUT2D eigenvalue weighted by atomic mass is 32.1. The number of anilines is 1. The summed E-state index contributed by atoms with van der Waals surface area (Å²) < 4.78 is 5.14. The van der Waals surface area contributed by atoms with Crippen molar-refractivity contribution in [1.82, 2.24) is 15.0 Å². The van der Waals surface area contributed by atoms with Crippen LogP contribution in [0.1, 0.15) is 24.5 Å². The van der Waals surface area contributed by atoms with Gasteiger partial charge in [0.25, 0.3) is 0 Å². The highest BCUT2D eigenvalue weighted by molar-refractivity contribution is 7.09. The van der Waals surface area contributed by atoms with E-state index >= 15 is 0 Å². The van der Waals surface area contributed by atoms with E-state index in [1.54, 1.807) is 30.7 Å². The maximum Gasteiger partial charge on any atom is 0.226 e. The number of methoxy groups -OCH3 is 1. The fraction of sp³-hybridized carbons (Fsp3) is 0.417. The first kappa shape index (κ1) is 12.8. The maximum atomic E-state index is 5.14. The summed E-state index contributed by atoms with van der Waals surface area (Å²) in [6.45, 7) is 6.00. The lowest BCUT2D eigenvalue weighted by molar-refractivity contribution is 0.396. The quantitative estimate of drug-likeness (QED) is 0.919. The third-order valence-electron chi connectivity index (χ3n) is 2.43. The van der Waals surface area contributed by atoms with E-state index in [4.69, 9.17) is 4.74 Å². The Morgan fingerprint density at radius 1 is 1.33 bits per heavy atom. The van der Waals surface area contributed by atoms with Crippen LogP contribution in [-0.2, 0) is 5.54 Å². The number of nitrogens with zero attached hydrogens (tertiary/aromatic N) is 3. The summed E-state index contributed by atoms with van der Waals surface area (Å²) in [6, 6.07) is 1.79. The van der Waals surface area contributed by atoms with Gasteiger partial charge in [-0.2, -0.15) is 4.98 Å². The van der Waals surface area contributed by atoms with E-state index in [9.17, 15) is 0 Å². The molecule has 2 aromatic rings. The maximum absolute atomic E-state index is 5.14. The van der Waals surface area contributed by atoms with Gasteiger partial charge in [0.1, 0.15) is 5.01 Å². The van der Waals surface area contributed by atoms with Gasteiger partial charge in [-0.3, -0.25) is 0 Å². The Bertz CT molecular complexity index is 525. The van der Waals surface area contributed by atoms with Crippen LogP contribution >= 0.6 is 11.3 Å². The number of hydrogen-bond donors (Lipinski definition) is 1. The molecule has 0 atom stereocenters. The first-order chi connectivity index (χ1) is 8.51. The highest BCUT2D eigenvalue weighted by Gasteiger charge is 2.24. The first-order valence-corrected chi connectivity index (χ1v) is 6.47. The molecule has 0 fully saturated rings. The number of ether oxygens (including phenoxy) is 1. The second-order valence-corrected chi connectivity index (χ2v) is 5.36. The van der Waals surface area contributed by atoms with Gasteiger partial charge in [0.15, 0.2) is 0 Å². The summed E-state index contributed by atoms with van der Waals surface area (Å²) >= 11 is 1.60. The van der Waals surface area contributed by atoms with Crippen LogP contribution in [0.5, 0.6) is 5.88 Å². The van der Waals surface area contributed by atoms with Crippen LogP contribution in [0.4, 0.5) is 5.95 Å². The molecule has 0 amide bonds. The Balaban J connectivity index is 2.26. The zero-order valence-electron chi connectivity index (χ0n) is 10.9. The summed E-state index contributed by atoms with van der Waals surface area (Å²) in [5, 5.41) is 6.23. The van der Waals surface area contributed by atoms with Crippen LogP contribution in [-0.4, -0.2) is 22.1 Å². The van der Waals surface area contributed by atoms with E-state index in [0.29, 0.717) is 11.8 Å². The predicted molar refractivity (Wildman–Crippen MR) is 72.1 cm³/mol. The molecule has 0 unspecified atom stereocenters. The van der Waals surface area contributed by atoms with Gasteiger partial charge < -0.3 is 10.1 Å². The molecule has 6 heteroatoms. The van der Waals surface area contributed by atoms with Crippen molar-refractivity contribution in [2.75, 3.05) is 12.4 Å². The zero-order chi connectivity index (χ0) is 13.2. The van der Waals surface area contributed by atoms with Gasteiger partial charge >= 0.3 is 0 Å². The predicted octanol–water partition coefficient (Wildman–Crippen LogP) is 2.60. The summed E-state index contributed by atoms with van der Waals surface area (Å²) in [5.41, 5.74) is 0.548. The van der Waals surface area contributed by atoms with Crippen molar-refractivity contribution in [2.45, 2.75) is 26.3 Å². The molecule has 1 N–H and O–H groups in total. The van der Waals surface area contributed by atoms with Gasteiger partial charge in [-0.05, 0) is 20.8 Å². The third kappa shape index (κ3) is 2.76. The standard InChI is InChI=1S/C12H16N4OS/c1-8-7-9(17-4)15-11(14-8)16-12(2,3)10-13-5-6-18-10/h5-7H,1-4H3,(H,14,15,16). The van der Waals surface area contributed by atoms with Crippen LogP contribution < -0.4 is 10.1 Å². The van der Waals surface area contributed by atoms with Gasteiger partial charge in [-0.25, -0.2) is 9.97 Å². The third-order valence-corrected chi connectivity index (χ3v) is 3.53. The molecule has 0 radical (unpaired) electrons. The minimum Gasteiger partial charge on any atom is -0.481 e. The average Bonchev–Trinajstić information content (AvgIpc) is 2.81. The molecule has 0 saturated carbocycles. The Morgan fingerprint density at radius 3 is 2.72 bits per heavy atom. The Labute approximate surface area is 110 Å². The van der Waals surface area contributed by atoms with Gasteiger partial charge in [-0.15, -0.1) is 11.3 Å². The molecule has 0 aromatic carbocycles. The molecule has 0 spiro atoms. The smallest absolute Gasteiger partial charge is 0.226 e. The van der Waals surface area contributed by atoms with Crippen molar-refractivity contribution < 1.29 is 4.74 Å². The van der Waals surface area contributed by atoms with Crippen LogP contribution in [0.3, 0.4) is 0 Å². The molecule has 0 bridgehead atoms. The van der Waals surface area contributed by atoms with Crippen LogP contribution in [0.2, 0.25) is 0 Å². The molecule has 2 rings (SSSR count). The minimum absolute atomic E-state index is 0.313. The SMILES string of the molecule is COc1cc(C)nc(NC(C)(C)c2nccs2)n1. The van der Waals surface area contributed by atoms with Crippen molar-refractivity contribution in [3.8, 4) is 5.88 Å².